The number of oxime groups is 1. The third-order valence-corrected chi connectivity index (χ3v) is 2.05. The van der Waals surface area contributed by atoms with E-state index in [0.717, 1.165) is 5.56 Å². The zero-order valence-corrected chi connectivity index (χ0v) is 9.70. The molecule has 0 aromatic heterocycles. The fourth-order valence-corrected chi connectivity index (χ4v) is 1.23. The van der Waals surface area contributed by atoms with E-state index in [2.05, 4.69) is 16.6 Å². The summed E-state index contributed by atoms with van der Waals surface area (Å²) in [5.74, 6) is -0.449. The van der Waals surface area contributed by atoms with Crippen molar-refractivity contribution in [2.45, 2.75) is 13.3 Å². The van der Waals surface area contributed by atoms with Crippen LogP contribution in [-0.4, -0.2) is 11.7 Å². The monoisotopic (exact) mass is 237 g/mol. The van der Waals surface area contributed by atoms with Crippen LogP contribution in [0, 0.1) is 0 Å². The van der Waals surface area contributed by atoms with Crippen molar-refractivity contribution in [1.82, 2.24) is 0 Å². The van der Waals surface area contributed by atoms with Gasteiger partial charge in [0.05, 0.1) is 5.71 Å². The smallest absolute Gasteiger partial charge is 0.318 e. The molecule has 0 heterocycles. The van der Waals surface area contributed by atoms with Gasteiger partial charge in [0.1, 0.15) is 0 Å². The Labute approximate surface area is 99.4 Å². The van der Waals surface area contributed by atoms with Gasteiger partial charge in [-0.2, -0.15) is 0 Å². The maximum Gasteiger partial charge on any atom is 0.331 e. The zero-order chi connectivity index (χ0) is 12.0. The van der Waals surface area contributed by atoms with E-state index in [0.29, 0.717) is 17.2 Å². The van der Waals surface area contributed by atoms with E-state index >= 15 is 0 Å². The largest absolute Gasteiger partial charge is 0.331 e. The third-order valence-electron chi connectivity index (χ3n) is 1.80. The van der Waals surface area contributed by atoms with Crippen LogP contribution in [0.1, 0.15) is 18.9 Å². The lowest BCUT2D eigenvalue weighted by Gasteiger charge is -2.03. The highest BCUT2D eigenvalue weighted by molar-refractivity contribution is 6.30. The molecule has 84 valence electrons. The van der Waals surface area contributed by atoms with Crippen LogP contribution in [0.5, 0.6) is 0 Å². The van der Waals surface area contributed by atoms with Crippen molar-refractivity contribution < 1.29 is 9.63 Å². The van der Waals surface area contributed by atoms with E-state index in [1.54, 1.807) is 18.2 Å². The third kappa shape index (κ3) is 3.87. The molecule has 0 spiro atoms. The van der Waals surface area contributed by atoms with Crippen LogP contribution >= 0.6 is 11.6 Å². The molecule has 1 aromatic rings. The molecule has 3 nitrogen and oxygen atoms in total. The molecular weight excluding hydrogens is 226 g/mol. The highest BCUT2D eigenvalue weighted by atomic mass is 35.5. The molecule has 0 saturated heterocycles. The summed E-state index contributed by atoms with van der Waals surface area (Å²) in [5, 5.41) is 4.41. The number of allylic oxidation sites excluding steroid dienone is 1. The van der Waals surface area contributed by atoms with E-state index in [1.165, 1.54) is 6.92 Å². The molecule has 16 heavy (non-hydrogen) atoms. The van der Waals surface area contributed by atoms with Crippen molar-refractivity contribution in [1.29, 1.82) is 0 Å². The molecule has 4 heteroatoms. The van der Waals surface area contributed by atoms with Gasteiger partial charge in [0.15, 0.2) is 0 Å². The van der Waals surface area contributed by atoms with Gasteiger partial charge in [0.2, 0.25) is 0 Å². The Hall–Kier alpha value is -1.61. The minimum Gasteiger partial charge on any atom is -0.318 e. The van der Waals surface area contributed by atoms with E-state index in [4.69, 9.17) is 11.6 Å². The number of benzene rings is 1. The molecular formula is C12H12ClNO2. The van der Waals surface area contributed by atoms with Gasteiger partial charge >= 0.3 is 5.97 Å². The van der Waals surface area contributed by atoms with Gasteiger partial charge in [0, 0.05) is 18.4 Å². The quantitative estimate of drug-likeness (QED) is 0.349. The zero-order valence-electron chi connectivity index (χ0n) is 8.94. The predicted octanol–water partition coefficient (Wildman–Crippen LogP) is 3.18. The van der Waals surface area contributed by atoms with Crippen LogP contribution in [-0.2, 0) is 9.63 Å². The fraction of sp³-hybridized carbons (Fsp3) is 0.167. The van der Waals surface area contributed by atoms with Crippen molar-refractivity contribution >= 4 is 23.3 Å². The summed E-state index contributed by atoms with van der Waals surface area (Å²) in [6, 6.07) is 7.13. The SMILES string of the molecule is C=CC/C(=N\OC(C)=O)c1ccc(Cl)cc1. The molecule has 0 N–H and O–H groups in total. The molecule has 1 rings (SSSR count). The van der Waals surface area contributed by atoms with Gasteiger partial charge in [-0.05, 0) is 17.7 Å². The molecule has 0 aliphatic heterocycles. The van der Waals surface area contributed by atoms with Gasteiger partial charge in [-0.1, -0.05) is 35.0 Å². The Morgan fingerprint density at radius 3 is 2.62 bits per heavy atom. The Kier molecular flexibility index (Phi) is 4.73. The first kappa shape index (κ1) is 12.5. The summed E-state index contributed by atoms with van der Waals surface area (Å²) in [7, 11) is 0. The Morgan fingerprint density at radius 2 is 2.12 bits per heavy atom. The van der Waals surface area contributed by atoms with Crippen molar-refractivity contribution in [3.05, 3.63) is 47.5 Å². The van der Waals surface area contributed by atoms with Gasteiger partial charge in [-0.15, -0.1) is 6.58 Å². The van der Waals surface area contributed by atoms with Crippen molar-refractivity contribution in [2.24, 2.45) is 5.16 Å². The lowest BCUT2D eigenvalue weighted by atomic mass is 10.1. The van der Waals surface area contributed by atoms with Crippen LogP contribution in [0.2, 0.25) is 5.02 Å². The highest BCUT2D eigenvalue weighted by Crippen LogP contribution is 2.12. The second-order valence-electron chi connectivity index (χ2n) is 3.12. The summed E-state index contributed by atoms with van der Waals surface area (Å²) >= 11 is 5.78. The average molecular weight is 238 g/mol. The second-order valence-corrected chi connectivity index (χ2v) is 3.56. The first-order valence-corrected chi connectivity index (χ1v) is 5.12. The molecule has 0 unspecified atom stereocenters. The lowest BCUT2D eigenvalue weighted by molar-refractivity contribution is -0.140. The topological polar surface area (TPSA) is 38.7 Å². The summed E-state index contributed by atoms with van der Waals surface area (Å²) < 4.78 is 0. The molecule has 1 aromatic carbocycles. The Bertz CT molecular complexity index is 410. The number of rotatable bonds is 4. The Morgan fingerprint density at radius 1 is 1.50 bits per heavy atom. The normalized spacial score (nSPS) is 11.0. The Balaban J connectivity index is 2.92. The number of hydrogen-bond acceptors (Lipinski definition) is 3. The van der Waals surface area contributed by atoms with Crippen LogP contribution in [0.25, 0.3) is 0 Å². The maximum atomic E-state index is 10.7. The van der Waals surface area contributed by atoms with Crippen LogP contribution in [0.4, 0.5) is 0 Å². The molecule has 0 amide bonds. The predicted molar refractivity (Wildman–Crippen MR) is 64.6 cm³/mol. The second kappa shape index (κ2) is 6.08. The standard InChI is InChI=1S/C12H12ClNO2/c1-3-4-12(14-16-9(2)15)10-5-7-11(13)8-6-10/h3,5-8H,1,4H2,2H3/b14-12+. The fourth-order valence-electron chi connectivity index (χ4n) is 1.11. The molecule has 0 atom stereocenters. The minimum atomic E-state index is -0.449. The molecule has 0 aliphatic rings. The first-order chi connectivity index (χ1) is 7.63. The summed E-state index contributed by atoms with van der Waals surface area (Å²) in [4.78, 5) is 15.3. The van der Waals surface area contributed by atoms with Crippen molar-refractivity contribution in [2.75, 3.05) is 0 Å². The number of carbonyl (C=O) groups excluding carboxylic acids is 1. The number of hydrogen-bond donors (Lipinski definition) is 0. The molecule has 0 saturated carbocycles. The van der Waals surface area contributed by atoms with Gasteiger partial charge in [-0.3, -0.25) is 0 Å². The van der Waals surface area contributed by atoms with Crippen LogP contribution < -0.4 is 0 Å². The molecule has 0 aliphatic carbocycles. The van der Waals surface area contributed by atoms with Crippen LogP contribution in [0.3, 0.4) is 0 Å². The van der Waals surface area contributed by atoms with Crippen molar-refractivity contribution in [3.8, 4) is 0 Å². The molecule has 0 fully saturated rings. The number of carbonyl (C=O) groups is 1. The number of halogens is 1. The van der Waals surface area contributed by atoms with Crippen LogP contribution in [0.15, 0.2) is 42.1 Å². The average Bonchev–Trinajstić information content (AvgIpc) is 2.25. The summed E-state index contributed by atoms with van der Waals surface area (Å²) in [6.07, 6.45) is 2.21. The van der Waals surface area contributed by atoms with Crippen molar-refractivity contribution in [3.63, 3.8) is 0 Å². The number of nitrogens with zero attached hydrogens (tertiary/aromatic N) is 1. The van der Waals surface area contributed by atoms with E-state index in [9.17, 15) is 4.79 Å². The first-order valence-electron chi connectivity index (χ1n) is 4.74. The lowest BCUT2D eigenvalue weighted by Crippen LogP contribution is -2.02. The van der Waals surface area contributed by atoms with E-state index in [-0.39, 0.29) is 0 Å². The van der Waals surface area contributed by atoms with E-state index < -0.39 is 5.97 Å². The minimum absolute atomic E-state index is 0.449. The highest BCUT2D eigenvalue weighted by Gasteiger charge is 2.03. The molecule has 0 radical (unpaired) electrons. The maximum absolute atomic E-state index is 10.7. The van der Waals surface area contributed by atoms with Gasteiger partial charge in [-0.25, -0.2) is 4.79 Å². The summed E-state index contributed by atoms with van der Waals surface area (Å²) in [5.41, 5.74) is 1.49. The van der Waals surface area contributed by atoms with Gasteiger partial charge < -0.3 is 4.84 Å². The summed E-state index contributed by atoms with van der Waals surface area (Å²) in [6.45, 7) is 4.93. The van der Waals surface area contributed by atoms with Gasteiger partial charge in [0.25, 0.3) is 0 Å². The van der Waals surface area contributed by atoms with E-state index in [1.807, 2.05) is 12.1 Å². The molecule has 0 bridgehead atoms.